The lowest BCUT2D eigenvalue weighted by molar-refractivity contribution is -0.154. The fraction of sp³-hybridized carbons (Fsp3) is 0.734. The van der Waals surface area contributed by atoms with Gasteiger partial charge in [-0.25, -0.2) is 19.1 Å². The number of amidine groups is 2. The lowest BCUT2D eigenvalue weighted by Crippen LogP contribution is -2.45. The van der Waals surface area contributed by atoms with Crippen molar-refractivity contribution in [2.75, 3.05) is 52.9 Å². The van der Waals surface area contributed by atoms with Gasteiger partial charge in [0, 0.05) is 77.2 Å². The first-order chi connectivity index (χ1) is 68.4. The van der Waals surface area contributed by atoms with E-state index in [1.165, 1.54) is 39.5 Å². The number of amides is 4. The minimum Gasteiger partial charge on any atom is -0.460 e. The van der Waals surface area contributed by atoms with Gasteiger partial charge in [-0.2, -0.15) is 10.2 Å². The van der Waals surface area contributed by atoms with Crippen LogP contribution in [-0.4, -0.2) is 206 Å². The Labute approximate surface area is 865 Å². The average Bonchev–Trinajstić information content (AvgIpc) is 1.61. The van der Waals surface area contributed by atoms with Crippen molar-refractivity contribution < 1.29 is 85.6 Å². The summed E-state index contributed by atoms with van der Waals surface area (Å²) in [6.07, 6.45) is 31.3. The number of Topliss-reactive ketones (excluding diaryl/α,β-unsaturated/α-hetero) is 2. The molecule has 11 heterocycles. The number of nitrogens with zero attached hydrogens (tertiary/aromatic N) is 11. The fourth-order valence-corrected chi connectivity index (χ4v) is 17.3. The number of ketones is 2. The number of rotatable bonds is 29. The maximum absolute atomic E-state index is 12.6. The normalized spacial score (nSPS) is 20.7. The van der Waals surface area contributed by atoms with E-state index in [-0.39, 0.29) is 151 Å². The molecule has 10 aliphatic rings. The largest absolute Gasteiger partial charge is 0.460 e. The van der Waals surface area contributed by atoms with E-state index >= 15 is 0 Å². The molecular formula is C94H155Cl4N24O22P. The number of carbonyl (C=O) groups is 9. The molecule has 6 saturated heterocycles. The van der Waals surface area contributed by atoms with Crippen LogP contribution in [0.5, 0.6) is 0 Å². The second-order valence-electron chi connectivity index (χ2n) is 35.3. The molecule has 51 heteroatoms. The smallest absolute Gasteiger partial charge is 0.376 e. The molecule has 15 rings (SSSR count). The predicted molar refractivity (Wildman–Crippen MR) is 547 cm³/mol. The average molecular weight is 2150 g/mol. The second kappa shape index (κ2) is 68.0. The van der Waals surface area contributed by atoms with Gasteiger partial charge in [0.2, 0.25) is 28.9 Å². The van der Waals surface area contributed by atoms with Gasteiger partial charge in [0.05, 0.1) is 49.1 Å². The number of esters is 2. The first-order valence-corrected chi connectivity index (χ1v) is 54.6. The molecule has 0 aromatic carbocycles. The van der Waals surface area contributed by atoms with Crippen LogP contribution in [0, 0.1) is 17.8 Å². The first-order valence-electron chi connectivity index (χ1n) is 49.8. The van der Waals surface area contributed by atoms with Gasteiger partial charge >= 0.3 is 17.1 Å². The number of aromatic amines is 4. The van der Waals surface area contributed by atoms with Crippen molar-refractivity contribution in [3.63, 3.8) is 0 Å². The molecule has 5 aromatic heterocycles. The summed E-state index contributed by atoms with van der Waals surface area (Å²) in [5.41, 5.74) is 17.8. The monoisotopic (exact) mass is 2140 g/mol. The Morgan fingerprint density at radius 3 is 1.09 bits per heavy atom. The maximum Gasteiger partial charge on any atom is 0.376 e. The lowest BCUT2D eigenvalue weighted by atomic mass is 10.0. The Morgan fingerprint density at radius 1 is 0.441 bits per heavy atom. The molecule has 11 unspecified atom stereocenters. The van der Waals surface area contributed by atoms with Crippen LogP contribution in [0.15, 0.2) is 29.4 Å². The number of halogens is 4. The number of hydrazone groups is 2. The molecule has 4 aliphatic carbocycles. The number of ether oxygens (including phenoxy) is 8. The summed E-state index contributed by atoms with van der Waals surface area (Å²) in [5, 5.41) is 42.8. The Morgan fingerprint density at radius 2 is 0.779 bits per heavy atom. The Bertz CT molecular complexity index is 5140. The molecule has 4 saturated carbocycles. The third-order valence-corrected chi connectivity index (χ3v) is 25.1. The van der Waals surface area contributed by atoms with Crippen LogP contribution in [0.2, 0.25) is 0 Å². The lowest BCUT2D eigenvalue weighted by Gasteiger charge is -2.18. The highest BCUT2D eigenvalue weighted by Crippen LogP contribution is 2.61. The molecule has 816 valence electrons. The number of H-pyrrole nitrogens is 4. The molecule has 18 N–H and O–H groups in total. The minimum atomic E-state index is -3.22. The van der Waals surface area contributed by atoms with E-state index < -0.39 is 52.9 Å². The predicted octanol–water partition coefficient (Wildman–Crippen LogP) is 11.3. The fourth-order valence-electron chi connectivity index (χ4n) is 17.0. The third kappa shape index (κ3) is 43.2. The topological polar surface area (TPSA) is 686 Å². The van der Waals surface area contributed by atoms with Gasteiger partial charge in [0.1, 0.15) is 59.8 Å². The van der Waals surface area contributed by atoms with Crippen LogP contribution >= 0.6 is 50.5 Å². The molecule has 0 spiro atoms. The summed E-state index contributed by atoms with van der Waals surface area (Å²) in [6, 6.07) is -2.68. The van der Waals surface area contributed by atoms with Crippen molar-refractivity contribution in [3.05, 3.63) is 93.3 Å². The zero-order valence-corrected chi connectivity index (χ0v) is 87.5. The van der Waals surface area contributed by atoms with Crippen LogP contribution in [0.25, 0.3) is 5.52 Å². The zero-order valence-electron chi connectivity index (χ0n) is 83.6. The molecule has 4 amide bonds. The molecule has 5 aromatic rings. The van der Waals surface area contributed by atoms with Crippen molar-refractivity contribution in [1.82, 2.24) is 86.4 Å². The standard InChI is InChI=1S/C16H24N4O3.C16H22N4O2.C13H21NO4.C12H18N4O3.C10H16N4O2.C9H15NO4.C6H9ClO.2C5H11N3O.2CH4.Cl3OP/c1-2-11(17-15(21)10-6-3-4-7-10)13-16(22)18-14(20-19-13)12-8-5-9-23-12;1-2-11-13-16(21)18-14(12-8-5-9-22-12)19-20(13)15(17-11)10-6-3-4-7-10;1-3-10(11(15)13(17)18-4-2)14-12(16)9-7-5-6-8-9;1-3-8(13-7(2)17)10-12(18)14-11(16-15-10)9-5-4-6-19-9;1-2-6(11)8-10(15)12-9(14-13-8)7-4-3-5-16-7;1-4-7(10-6(3)11)8(12)9(13)14-5-2;7-6(8)5-3-1-2-4-5;2*6-5(8-7)4-2-1-3-9-4;;;1-5(2,3)4/h10-12H,2-9H2,1H3,(H,17,21)(H,18,20,22);10,12H,2-9H2,1H3,(H,18,19,21);9-10H,3-8H2,1-2H3,(H,14,16);8-9H,3-6H2,1-2H3,(H,13,17)(H,14,16,18);6-7H,2-5,11H2,1H3,(H,12,14,15);7H,4-5H2,1-3H3,(H,10,11);5H,1-4H2;2*4H,1-3,7H2,(H2,6,8);2*1H4;. The maximum atomic E-state index is 12.6. The number of carbonyl (C=O) groups excluding carboxylic acids is 9. The van der Waals surface area contributed by atoms with Gasteiger partial charge < -0.3 is 108 Å². The van der Waals surface area contributed by atoms with Crippen molar-refractivity contribution in [2.45, 2.75) is 375 Å². The SMILES string of the molecule is C.C.CCC(N)c1nnc(C2CCCO2)[nH]c1=O.CCC(NC(=O)C1CCCC1)c1nnc(C2CCCO2)[nH]c1=O.CCC(NC(C)=O)c1nnc(C2CCCO2)[nH]c1=O.CCOC(=O)C(=O)C(CC)NC(=O)C1CCCC1.CCOC(=O)C(=O)C(CC)NC(C)=O.CCc1nc(C2CCCC2)n2nc(C3CCCO3)[nH]c(=O)c12.NN=C(N)C1CCCO1.NN=C(N)C1CCCO1.O=C(Cl)C1CCCC1.O=P(Cl)(Cl)Cl. The van der Waals surface area contributed by atoms with Crippen LogP contribution in [-0.2, 0) is 92.0 Å². The minimum absolute atomic E-state index is 0. The van der Waals surface area contributed by atoms with Crippen LogP contribution in [0.4, 0.5) is 0 Å². The first kappa shape index (κ1) is 128. The third-order valence-electron chi connectivity index (χ3n) is 24.8. The van der Waals surface area contributed by atoms with Gasteiger partial charge in [-0.05, 0) is 226 Å². The van der Waals surface area contributed by atoms with Gasteiger partial charge in [0.15, 0.2) is 40.2 Å². The molecule has 0 radical (unpaired) electrons. The summed E-state index contributed by atoms with van der Waals surface area (Å²) < 4.78 is 52.9. The van der Waals surface area contributed by atoms with Gasteiger partial charge in [-0.3, -0.25) is 57.3 Å². The number of hydrogen-bond acceptors (Lipinski definition) is 35. The highest BCUT2D eigenvalue weighted by atomic mass is 36.0. The summed E-state index contributed by atoms with van der Waals surface area (Å²) in [5.74, 6) is 10.7. The van der Waals surface area contributed by atoms with Crippen LogP contribution < -0.4 is 72.4 Å². The van der Waals surface area contributed by atoms with E-state index in [2.05, 4.69) is 125 Å². The van der Waals surface area contributed by atoms with Gasteiger partial charge in [-0.1, -0.05) is 108 Å². The molecule has 11 atom stereocenters. The van der Waals surface area contributed by atoms with Crippen molar-refractivity contribution in [1.29, 1.82) is 0 Å². The zero-order chi connectivity index (χ0) is 105. The number of hydrogen-bond donors (Lipinski definition) is 13. The number of nitrogens with one attached hydrogen (secondary N) is 8. The molecule has 46 nitrogen and oxygen atoms in total. The highest BCUT2D eigenvalue weighted by molar-refractivity contribution is 8.24. The van der Waals surface area contributed by atoms with Crippen LogP contribution in [0.3, 0.4) is 0 Å². The van der Waals surface area contributed by atoms with Gasteiger partial charge in [0.25, 0.3) is 33.8 Å². The van der Waals surface area contributed by atoms with Crippen molar-refractivity contribution in [2.24, 2.45) is 56.8 Å². The summed E-state index contributed by atoms with van der Waals surface area (Å²) >= 11 is 19.1. The highest BCUT2D eigenvalue weighted by Gasteiger charge is 2.35. The van der Waals surface area contributed by atoms with E-state index in [0.717, 1.165) is 192 Å². The second-order valence-corrected chi connectivity index (χ2v) is 42.3. The Balaban J connectivity index is 0.000000343. The molecule has 145 heavy (non-hydrogen) atoms. The Kier molecular flexibility index (Phi) is 59.8. The number of nitrogens with two attached hydrogens (primary N) is 5. The Hall–Kier alpha value is -9.74. The van der Waals surface area contributed by atoms with E-state index in [9.17, 15) is 66.9 Å². The quantitative estimate of drug-likeness (QED) is 0.00309. The number of fused-ring (bicyclic) bond motifs is 1. The molecule has 6 aliphatic heterocycles. The van der Waals surface area contributed by atoms with Crippen molar-refractivity contribution in [3.8, 4) is 0 Å². The van der Waals surface area contributed by atoms with E-state index in [1.54, 1.807) is 27.7 Å². The summed E-state index contributed by atoms with van der Waals surface area (Å²) in [6.45, 7) is 21.9. The molecule has 10 fully saturated rings. The van der Waals surface area contributed by atoms with Crippen molar-refractivity contribution >= 4 is 120 Å². The number of aromatic nitrogens is 13. The van der Waals surface area contributed by atoms with Gasteiger partial charge in [-0.15, -0.1) is 35.7 Å². The van der Waals surface area contributed by atoms with E-state index in [0.29, 0.717) is 104 Å². The van der Waals surface area contributed by atoms with Crippen LogP contribution in [0.1, 0.15) is 396 Å². The van der Waals surface area contributed by atoms with E-state index in [4.69, 9.17) is 79.0 Å². The van der Waals surface area contributed by atoms with E-state index in [1.807, 2.05) is 32.2 Å². The number of aryl methyl sites for hydroxylation is 1. The molecular weight excluding hydrogens is 1990 g/mol. The molecule has 0 bridgehead atoms. The number of imidazole rings is 1. The summed E-state index contributed by atoms with van der Waals surface area (Å²) in [4.78, 5) is 166. The summed E-state index contributed by atoms with van der Waals surface area (Å²) in [7, 11) is 0.